The highest BCUT2D eigenvalue weighted by Gasteiger charge is 2.37. The van der Waals surface area contributed by atoms with E-state index in [2.05, 4.69) is 20.8 Å². The molecule has 158 valence electrons. The van der Waals surface area contributed by atoms with E-state index in [0.717, 1.165) is 68.0 Å². The highest BCUT2D eigenvalue weighted by molar-refractivity contribution is 6.22. The number of methoxy groups -OCH3 is 1. The Bertz CT molecular complexity index is 463. The average Bonchev–Trinajstić information content (AvgIpc) is 2.65. The van der Waals surface area contributed by atoms with Crippen molar-refractivity contribution in [2.45, 2.75) is 109 Å². The van der Waals surface area contributed by atoms with Gasteiger partial charge in [-0.2, -0.15) is 0 Å². The Balaban J connectivity index is 5.63. The maximum Gasteiger partial charge on any atom is 0.334 e. The maximum atomic E-state index is 12.7. The predicted molar refractivity (Wildman–Crippen MR) is 116 cm³/mol. The van der Waals surface area contributed by atoms with Crippen LogP contribution in [0.5, 0.6) is 0 Å². The number of carbonyl (C=O) groups excluding carboxylic acids is 1. The summed E-state index contributed by atoms with van der Waals surface area (Å²) < 4.78 is 5.07. The molecule has 0 spiro atoms. The van der Waals surface area contributed by atoms with Crippen molar-refractivity contribution >= 4 is 22.2 Å². The summed E-state index contributed by atoms with van der Waals surface area (Å²) in [5, 5.41) is 9.60. The molecule has 0 unspecified atom stereocenters. The van der Waals surface area contributed by atoms with Crippen molar-refractivity contribution < 1.29 is 19.4 Å². The molecular weight excluding hydrogens is 356 g/mol. The topological polar surface area (TPSA) is 63.6 Å². The van der Waals surface area contributed by atoms with E-state index in [9.17, 15) is 14.7 Å². The molecule has 0 saturated heterocycles. The maximum absolute atomic E-state index is 12.7. The first-order valence-electron chi connectivity index (χ1n) is 10.9. The molecule has 0 aromatic rings. The summed E-state index contributed by atoms with van der Waals surface area (Å²) in [4.78, 5) is 24.8. The van der Waals surface area contributed by atoms with Crippen molar-refractivity contribution in [3.05, 3.63) is 11.1 Å². The van der Waals surface area contributed by atoms with Crippen molar-refractivity contribution in [1.29, 1.82) is 0 Å². The van der Waals surface area contributed by atoms with Crippen LogP contribution in [0.4, 0.5) is 0 Å². The van der Waals surface area contributed by atoms with Gasteiger partial charge in [0.2, 0.25) is 0 Å². The first-order valence-corrected chi connectivity index (χ1v) is 11.9. The largest absolute Gasteiger partial charge is 0.478 e. The van der Waals surface area contributed by atoms with Crippen LogP contribution in [-0.4, -0.2) is 34.4 Å². The summed E-state index contributed by atoms with van der Waals surface area (Å²) in [7, 11) is 2.13. The highest BCUT2D eigenvalue weighted by Crippen LogP contribution is 2.45. The number of ether oxygens (including phenoxy) is 1. The molecule has 0 aliphatic rings. The van der Waals surface area contributed by atoms with Crippen LogP contribution < -0.4 is 0 Å². The number of carboxylic acid groups (broad SMARTS) is 1. The number of hydrogen-bond donors (Lipinski definition) is 1. The third kappa shape index (κ3) is 9.59. The minimum atomic E-state index is -0.947. The van der Waals surface area contributed by atoms with Crippen LogP contribution in [0.25, 0.3) is 0 Å². The van der Waals surface area contributed by atoms with Gasteiger partial charge in [-0.25, -0.2) is 9.59 Å². The van der Waals surface area contributed by atoms with Gasteiger partial charge in [0.1, 0.15) is 0 Å². The number of esters is 1. The monoisotopic (exact) mass is 398 g/mol. The molecule has 27 heavy (non-hydrogen) atoms. The Morgan fingerprint density at radius 3 is 1.78 bits per heavy atom. The number of carbonyl (C=O) groups is 2. The third-order valence-corrected chi connectivity index (χ3v) is 7.00. The lowest BCUT2D eigenvalue weighted by Gasteiger charge is -2.33. The van der Waals surface area contributed by atoms with Crippen LogP contribution in [-0.2, 0) is 14.3 Å². The lowest BCUT2D eigenvalue weighted by atomic mass is 9.83. The first-order chi connectivity index (χ1) is 12.9. The molecule has 0 rings (SSSR count). The van der Waals surface area contributed by atoms with Gasteiger partial charge in [-0.05, 0) is 30.7 Å². The lowest BCUT2D eigenvalue weighted by molar-refractivity contribution is -0.138. The Kier molecular flexibility index (Phi) is 14.3. The first kappa shape index (κ1) is 25.9. The van der Waals surface area contributed by atoms with Crippen LogP contribution in [0.2, 0.25) is 5.04 Å². The number of rotatable bonds is 16. The van der Waals surface area contributed by atoms with Gasteiger partial charge in [0.25, 0.3) is 0 Å². The molecule has 1 N–H and O–H groups in total. The SMILES string of the molecule is CCCCCCCC/C(C(=O)O)=C(/C(=O)OC)C([SiH3])(CCCC)CCCC. The molecule has 0 aromatic heterocycles. The zero-order valence-electron chi connectivity index (χ0n) is 18.4. The minimum absolute atomic E-state index is 0.297. The molecule has 0 heterocycles. The fourth-order valence-electron chi connectivity index (χ4n) is 3.77. The molecule has 0 saturated carbocycles. The highest BCUT2D eigenvalue weighted by atomic mass is 28.1. The molecule has 0 atom stereocenters. The standard InChI is InChI=1S/C22H42O4Si/c1-5-8-11-12-13-14-15-18(20(23)24)19(21(25)26-4)22(27,16-9-6-2)17-10-7-3/h5-17H2,1-4,27H3,(H,23,24)/b19-18+. The van der Waals surface area contributed by atoms with E-state index in [4.69, 9.17) is 4.74 Å². The summed E-state index contributed by atoms with van der Waals surface area (Å²) in [6, 6.07) is 0. The van der Waals surface area contributed by atoms with Gasteiger partial charge in [0.05, 0.1) is 12.7 Å². The normalized spacial score (nSPS) is 12.7. The third-order valence-electron chi connectivity index (χ3n) is 5.50. The lowest BCUT2D eigenvalue weighted by Crippen LogP contribution is -2.27. The summed E-state index contributed by atoms with van der Waals surface area (Å²) in [6.45, 7) is 6.46. The molecule has 0 fully saturated rings. The van der Waals surface area contributed by atoms with Gasteiger partial charge < -0.3 is 9.84 Å². The molecule has 5 heteroatoms. The van der Waals surface area contributed by atoms with E-state index in [-0.39, 0.29) is 5.04 Å². The number of aliphatic carboxylic acids is 1. The Labute approximate surface area is 169 Å². The van der Waals surface area contributed by atoms with Crippen LogP contribution >= 0.6 is 0 Å². The molecule has 0 bridgehead atoms. The van der Waals surface area contributed by atoms with E-state index in [0.29, 0.717) is 17.6 Å². The second-order valence-corrected chi connectivity index (χ2v) is 9.85. The summed E-state index contributed by atoms with van der Waals surface area (Å²) in [5.74, 6) is -1.38. The van der Waals surface area contributed by atoms with Crippen molar-refractivity contribution in [2.24, 2.45) is 0 Å². The fraction of sp³-hybridized carbons (Fsp3) is 0.818. The molecule has 0 aliphatic carbocycles. The number of carboxylic acids is 1. The van der Waals surface area contributed by atoms with E-state index < -0.39 is 11.9 Å². The summed E-state index contributed by atoms with van der Waals surface area (Å²) in [5.41, 5.74) is 0.777. The van der Waals surface area contributed by atoms with E-state index >= 15 is 0 Å². The molecular formula is C22H42O4Si. The van der Waals surface area contributed by atoms with Crippen molar-refractivity contribution in [1.82, 2.24) is 0 Å². The molecule has 4 nitrogen and oxygen atoms in total. The number of hydrogen-bond acceptors (Lipinski definition) is 3. The zero-order chi connectivity index (χ0) is 20.7. The van der Waals surface area contributed by atoms with Gasteiger partial charge in [0.15, 0.2) is 0 Å². The van der Waals surface area contributed by atoms with Gasteiger partial charge >= 0.3 is 11.9 Å². The van der Waals surface area contributed by atoms with E-state index in [1.807, 2.05) is 0 Å². The molecule has 0 radical (unpaired) electrons. The second-order valence-electron chi connectivity index (χ2n) is 7.94. The van der Waals surface area contributed by atoms with Crippen LogP contribution in [0.1, 0.15) is 104 Å². The Hall–Kier alpha value is -1.10. The fourth-order valence-corrected chi connectivity index (χ4v) is 4.98. The van der Waals surface area contributed by atoms with Gasteiger partial charge in [-0.15, -0.1) is 0 Å². The average molecular weight is 399 g/mol. The smallest absolute Gasteiger partial charge is 0.334 e. The van der Waals surface area contributed by atoms with Crippen molar-refractivity contribution in [3.8, 4) is 0 Å². The summed E-state index contributed by atoms with van der Waals surface area (Å²) >= 11 is 0. The van der Waals surface area contributed by atoms with E-state index in [1.165, 1.54) is 26.4 Å². The van der Waals surface area contributed by atoms with Crippen molar-refractivity contribution in [2.75, 3.05) is 7.11 Å². The molecule has 0 aromatic carbocycles. The quantitative estimate of drug-likeness (QED) is 0.168. The summed E-state index contributed by atoms with van der Waals surface area (Å²) in [6.07, 6.45) is 12.9. The molecule has 0 amide bonds. The Morgan fingerprint density at radius 2 is 1.33 bits per heavy atom. The second kappa shape index (κ2) is 14.9. The van der Waals surface area contributed by atoms with Crippen LogP contribution in [0.3, 0.4) is 0 Å². The van der Waals surface area contributed by atoms with Gasteiger partial charge in [0, 0.05) is 15.8 Å². The Morgan fingerprint density at radius 1 is 0.852 bits per heavy atom. The van der Waals surface area contributed by atoms with Gasteiger partial charge in [-0.3, -0.25) is 0 Å². The minimum Gasteiger partial charge on any atom is -0.478 e. The van der Waals surface area contributed by atoms with Crippen LogP contribution in [0, 0.1) is 0 Å². The number of unbranched alkanes of at least 4 members (excludes halogenated alkanes) is 7. The zero-order valence-corrected chi connectivity index (χ0v) is 20.4. The van der Waals surface area contributed by atoms with Gasteiger partial charge in [-0.1, -0.05) is 78.6 Å². The van der Waals surface area contributed by atoms with Crippen LogP contribution in [0.15, 0.2) is 11.1 Å². The molecule has 0 aliphatic heterocycles. The predicted octanol–water partition coefficient (Wildman–Crippen LogP) is 5.20. The van der Waals surface area contributed by atoms with Crippen molar-refractivity contribution in [3.63, 3.8) is 0 Å². The van der Waals surface area contributed by atoms with E-state index in [1.54, 1.807) is 0 Å².